The maximum atomic E-state index is 10.7. The molecular weight excluding hydrogens is 280 g/mol. The molecule has 2 aromatic rings. The lowest BCUT2D eigenvalue weighted by molar-refractivity contribution is -0.134. The maximum absolute atomic E-state index is 10.7. The predicted molar refractivity (Wildman–Crippen MR) is 74.1 cm³/mol. The summed E-state index contributed by atoms with van der Waals surface area (Å²) in [5.41, 5.74) is 6.73. The number of nitrogens with two attached hydrogens (primary N) is 1. The fourth-order valence-corrected chi connectivity index (χ4v) is 1.47. The van der Waals surface area contributed by atoms with Gasteiger partial charge in [-0.1, -0.05) is 18.2 Å². The number of H-pyrrole nitrogens is 1. The van der Waals surface area contributed by atoms with Gasteiger partial charge in [-0.05, 0) is 6.07 Å². The third-order valence-corrected chi connectivity index (χ3v) is 2.33. The van der Waals surface area contributed by atoms with E-state index in [2.05, 4.69) is 4.98 Å². The molecule has 110 valence electrons. The van der Waals surface area contributed by atoms with Crippen LogP contribution in [0.1, 0.15) is 10.5 Å². The van der Waals surface area contributed by atoms with Gasteiger partial charge in [-0.3, -0.25) is 0 Å². The number of rotatable bonds is 3. The molecule has 1 aromatic carbocycles. The summed E-state index contributed by atoms with van der Waals surface area (Å²) in [5, 5.41) is 25.1. The maximum Gasteiger partial charge on any atom is 0.354 e. The number of carboxylic acid groups (broad SMARTS) is 3. The Bertz CT molecular complexity index is 701. The third kappa shape index (κ3) is 4.39. The van der Waals surface area contributed by atoms with Crippen LogP contribution in [0.25, 0.3) is 10.9 Å². The van der Waals surface area contributed by atoms with Gasteiger partial charge in [-0.25, -0.2) is 14.4 Å². The van der Waals surface area contributed by atoms with E-state index in [-0.39, 0.29) is 5.69 Å². The zero-order chi connectivity index (χ0) is 16.0. The van der Waals surface area contributed by atoms with Gasteiger partial charge in [0.25, 0.3) is 0 Å². The second-order valence-corrected chi connectivity index (χ2v) is 3.77. The first kappa shape index (κ1) is 15.8. The SMILES string of the molecule is Nc1c(C(=O)O)[nH]c2ccccc12.O=C(O)/C=C\C(=O)O. The second-order valence-electron chi connectivity index (χ2n) is 3.77. The van der Waals surface area contributed by atoms with Crippen molar-refractivity contribution in [2.24, 2.45) is 0 Å². The highest BCUT2D eigenvalue weighted by atomic mass is 16.4. The van der Waals surface area contributed by atoms with Gasteiger partial charge >= 0.3 is 17.9 Å². The van der Waals surface area contributed by atoms with Crippen LogP contribution in [-0.2, 0) is 9.59 Å². The van der Waals surface area contributed by atoms with E-state index in [1.54, 1.807) is 12.1 Å². The number of hydrogen-bond donors (Lipinski definition) is 5. The number of aromatic amines is 1. The number of fused-ring (bicyclic) bond motifs is 1. The molecule has 8 nitrogen and oxygen atoms in total. The lowest BCUT2D eigenvalue weighted by Crippen LogP contribution is -2.00. The van der Waals surface area contributed by atoms with Crippen LogP contribution in [0.4, 0.5) is 5.69 Å². The van der Waals surface area contributed by atoms with Crippen LogP contribution >= 0.6 is 0 Å². The molecule has 8 heteroatoms. The molecule has 0 spiro atoms. The van der Waals surface area contributed by atoms with Gasteiger partial charge in [-0.15, -0.1) is 0 Å². The molecule has 0 fully saturated rings. The fourth-order valence-electron chi connectivity index (χ4n) is 1.47. The zero-order valence-corrected chi connectivity index (χ0v) is 10.6. The Kier molecular flexibility index (Phi) is 5.07. The summed E-state index contributed by atoms with van der Waals surface area (Å²) in [6.45, 7) is 0. The van der Waals surface area contributed by atoms with Crippen molar-refractivity contribution in [1.82, 2.24) is 4.98 Å². The van der Waals surface area contributed by atoms with E-state index in [0.29, 0.717) is 17.8 Å². The van der Waals surface area contributed by atoms with Gasteiger partial charge in [0.15, 0.2) is 0 Å². The Labute approximate surface area is 118 Å². The summed E-state index contributed by atoms with van der Waals surface area (Å²) < 4.78 is 0. The van der Waals surface area contributed by atoms with Gasteiger partial charge < -0.3 is 26.0 Å². The minimum Gasteiger partial charge on any atom is -0.478 e. The smallest absolute Gasteiger partial charge is 0.354 e. The summed E-state index contributed by atoms with van der Waals surface area (Å²) in [7, 11) is 0. The van der Waals surface area contributed by atoms with E-state index in [9.17, 15) is 14.4 Å². The Morgan fingerprint density at radius 2 is 1.52 bits per heavy atom. The van der Waals surface area contributed by atoms with Gasteiger partial charge in [0.2, 0.25) is 0 Å². The number of aliphatic carboxylic acids is 2. The number of carboxylic acids is 3. The minimum atomic E-state index is -1.26. The molecular formula is C13H12N2O6. The zero-order valence-electron chi connectivity index (χ0n) is 10.6. The van der Waals surface area contributed by atoms with Crippen LogP contribution in [-0.4, -0.2) is 38.2 Å². The van der Waals surface area contributed by atoms with E-state index in [1.165, 1.54) is 0 Å². The Morgan fingerprint density at radius 1 is 1.00 bits per heavy atom. The third-order valence-electron chi connectivity index (χ3n) is 2.33. The average molecular weight is 292 g/mol. The normalized spacial score (nSPS) is 10.1. The van der Waals surface area contributed by atoms with Crippen molar-refractivity contribution in [2.75, 3.05) is 5.73 Å². The van der Waals surface area contributed by atoms with Crippen molar-refractivity contribution in [2.45, 2.75) is 0 Å². The Morgan fingerprint density at radius 3 is 1.95 bits per heavy atom. The minimum absolute atomic E-state index is 0.0567. The summed E-state index contributed by atoms with van der Waals surface area (Å²) in [5.74, 6) is -3.55. The average Bonchev–Trinajstić information content (AvgIpc) is 2.75. The highest BCUT2D eigenvalue weighted by Gasteiger charge is 2.13. The number of para-hydroxylation sites is 1. The molecule has 2 rings (SSSR count). The number of benzene rings is 1. The van der Waals surface area contributed by atoms with E-state index in [4.69, 9.17) is 21.1 Å². The van der Waals surface area contributed by atoms with Crippen LogP contribution in [0.3, 0.4) is 0 Å². The number of carbonyl (C=O) groups is 3. The van der Waals surface area contributed by atoms with Gasteiger partial charge in [0.1, 0.15) is 5.69 Å². The lowest BCUT2D eigenvalue weighted by atomic mass is 10.2. The summed E-state index contributed by atoms with van der Waals surface area (Å²) >= 11 is 0. The van der Waals surface area contributed by atoms with Crippen LogP contribution in [0.5, 0.6) is 0 Å². The predicted octanol–water partition coefficient (Wildman–Crippen LogP) is 1.16. The monoisotopic (exact) mass is 292 g/mol. The quantitative estimate of drug-likeness (QED) is 0.532. The molecule has 0 aliphatic heterocycles. The largest absolute Gasteiger partial charge is 0.478 e. The van der Waals surface area contributed by atoms with E-state index in [1.807, 2.05) is 12.1 Å². The molecule has 0 unspecified atom stereocenters. The molecule has 0 saturated carbocycles. The first-order valence-corrected chi connectivity index (χ1v) is 5.56. The molecule has 1 aromatic heterocycles. The number of anilines is 1. The van der Waals surface area contributed by atoms with Crippen LogP contribution in [0.15, 0.2) is 36.4 Å². The summed E-state index contributed by atoms with van der Waals surface area (Å²) in [4.78, 5) is 32.5. The molecule has 21 heavy (non-hydrogen) atoms. The van der Waals surface area contributed by atoms with Gasteiger partial charge in [-0.2, -0.15) is 0 Å². The van der Waals surface area contributed by atoms with Crippen molar-refractivity contribution in [3.63, 3.8) is 0 Å². The summed E-state index contributed by atoms with van der Waals surface area (Å²) in [6, 6.07) is 7.22. The molecule has 1 heterocycles. The Balaban J connectivity index is 0.000000240. The number of hydrogen-bond acceptors (Lipinski definition) is 4. The van der Waals surface area contributed by atoms with Crippen LogP contribution < -0.4 is 5.73 Å². The van der Waals surface area contributed by atoms with Crippen molar-refractivity contribution in [1.29, 1.82) is 0 Å². The molecule has 0 saturated heterocycles. The van der Waals surface area contributed by atoms with E-state index >= 15 is 0 Å². The second kappa shape index (κ2) is 6.75. The van der Waals surface area contributed by atoms with Gasteiger partial charge in [0, 0.05) is 23.1 Å². The van der Waals surface area contributed by atoms with Crippen molar-refractivity contribution in [3.8, 4) is 0 Å². The molecule has 0 atom stereocenters. The lowest BCUT2D eigenvalue weighted by Gasteiger charge is -1.90. The first-order valence-electron chi connectivity index (χ1n) is 5.56. The molecule has 0 radical (unpaired) electrons. The Hall–Kier alpha value is -3.29. The molecule has 0 aliphatic carbocycles. The van der Waals surface area contributed by atoms with Crippen LogP contribution in [0.2, 0.25) is 0 Å². The topological polar surface area (TPSA) is 154 Å². The summed E-state index contributed by atoms with van der Waals surface area (Å²) in [6.07, 6.45) is 1.12. The number of aromatic nitrogens is 1. The molecule has 0 aliphatic rings. The van der Waals surface area contributed by atoms with E-state index < -0.39 is 17.9 Å². The van der Waals surface area contributed by atoms with Crippen molar-refractivity contribution in [3.05, 3.63) is 42.1 Å². The number of nitrogen functional groups attached to an aromatic ring is 1. The molecule has 0 amide bonds. The van der Waals surface area contributed by atoms with Crippen LogP contribution in [0, 0.1) is 0 Å². The fraction of sp³-hybridized carbons (Fsp3) is 0. The van der Waals surface area contributed by atoms with E-state index in [0.717, 1.165) is 10.9 Å². The first-order chi connectivity index (χ1) is 9.82. The van der Waals surface area contributed by atoms with Crippen molar-refractivity contribution < 1.29 is 29.7 Å². The molecule has 6 N–H and O–H groups in total. The van der Waals surface area contributed by atoms with Gasteiger partial charge in [0.05, 0.1) is 5.69 Å². The standard InChI is InChI=1S/C9H8N2O2.C4H4O4/c10-7-5-3-1-2-4-6(5)11-8(7)9(12)13;5-3(6)1-2-4(7)8/h1-4,11H,10H2,(H,12,13);1-2H,(H,5,6)(H,7,8)/b;2-1-. The number of nitrogens with one attached hydrogen (secondary N) is 1. The molecule has 0 bridgehead atoms. The van der Waals surface area contributed by atoms with Crippen molar-refractivity contribution >= 4 is 34.5 Å². The highest BCUT2D eigenvalue weighted by Crippen LogP contribution is 2.23. The highest BCUT2D eigenvalue weighted by molar-refractivity contribution is 6.04. The number of aromatic carboxylic acids is 1.